The van der Waals surface area contributed by atoms with Gasteiger partial charge in [-0.1, -0.05) is 18.5 Å². The van der Waals surface area contributed by atoms with Crippen molar-refractivity contribution in [3.05, 3.63) is 52.3 Å². The average Bonchev–Trinajstić information content (AvgIpc) is 3.44. The van der Waals surface area contributed by atoms with Crippen LogP contribution in [0.5, 0.6) is 0 Å². The Bertz CT molecular complexity index is 1420. The Morgan fingerprint density at radius 1 is 1.17 bits per heavy atom. The number of likely N-dealkylation sites (tertiary alicyclic amines) is 1. The molecule has 2 atom stereocenters. The standard InChI is InChI=1S/C25H31ClN6O3S/c1-16-9-11-30(14-16)24-17(2)15-32-23(27-24)13-21(28-32)22-6-4-5-10-31(22)25(33)19-12-18(26)7-8-20(19)29-36(3,34)35/h7-8,12-13,15-16,22,29H,4-6,9-11,14H2,1-3H3. The topological polar surface area (TPSA) is 99.9 Å². The van der Waals surface area contributed by atoms with E-state index >= 15 is 0 Å². The second kappa shape index (κ2) is 9.55. The van der Waals surface area contributed by atoms with Crippen LogP contribution in [0.15, 0.2) is 30.5 Å². The van der Waals surface area contributed by atoms with E-state index in [1.165, 1.54) is 12.1 Å². The van der Waals surface area contributed by atoms with E-state index in [2.05, 4.69) is 23.5 Å². The molecule has 1 amide bonds. The highest BCUT2D eigenvalue weighted by molar-refractivity contribution is 7.92. The summed E-state index contributed by atoms with van der Waals surface area (Å²) in [5.74, 6) is 1.37. The lowest BCUT2D eigenvalue weighted by molar-refractivity contribution is 0.0607. The molecule has 2 fully saturated rings. The van der Waals surface area contributed by atoms with Crippen LogP contribution in [0.25, 0.3) is 5.65 Å². The molecule has 0 saturated carbocycles. The summed E-state index contributed by atoms with van der Waals surface area (Å²) in [4.78, 5) is 22.8. The molecule has 0 bridgehead atoms. The first-order chi connectivity index (χ1) is 17.1. The molecule has 0 spiro atoms. The van der Waals surface area contributed by atoms with Gasteiger partial charge in [-0.3, -0.25) is 9.52 Å². The molecular weight excluding hydrogens is 500 g/mol. The van der Waals surface area contributed by atoms with Gasteiger partial charge >= 0.3 is 0 Å². The lowest BCUT2D eigenvalue weighted by atomic mass is 9.98. The molecule has 36 heavy (non-hydrogen) atoms. The number of anilines is 2. The van der Waals surface area contributed by atoms with Gasteiger partial charge < -0.3 is 9.80 Å². The minimum Gasteiger partial charge on any atom is -0.356 e. The fraction of sp³-hybridized carbons (Fsp3) is 0.480. The van der Waals surface area contributed by atoms with Gasteiger partial charge in [-0.05, 0) is 56.7 Å². The average molecular weight is 531 g/mol. The number of aromatic nitrogens is 3. The number of nitrogens with one attached hydrogen (secondary N) is 1. The summed E-state index contributed by atoms with van der Waals surface area (Å²) in [6.07, 6.45) is 6.82. The van der Waals surface area contributed by atoms with E-state index < -0.39 is 10.0 Å². The van der Waals surface area contributed by atoms with E-state index in [9.17, 15) is 13.2 Å². The minimum atomic E-state index is -3.57. The molecule has 1 aromatic carbocycles. The number of benzene rings is 1. The number of halogens is 1. The largest absolute Gasteiger partial charge is 0.356 e. The normalized spacial score (nSPS) is 20.8. The Morgan fingerprint density at radius 2 is 1.97 bits per heavy atom. The number of nitrogens with zero attached hydrogens (tertiary/aromatic N) is 5. The molecule has 2 aliphatic rings. The van der Waals surface area contributed by atoms with Crippen molar-refractivity contribution < 1.29 is 13.2 Å². The molecule has 2 aromatic heterocycles. The molecule has 2 saturated heterocycles. The Morgan fingerprint density at radius 3 is 2.69 bits per heavy atom. The summed E-state index contributed by atoms with van der Waals surface area (Å²) in [7, 11) is -3.57. The molecule has 2 unspecified atom stereocenters. The van der Waals surface area contributed by atoms with Gasteiger partial charge in [0.05, 0.1) is 29.2 Å². The maximum Gasteiger partial charge on any atom is 0.256 e. The molecule has 2 aliphatic heterocycles. The van der Waals surface area contributed by atoms with Gasteiger partial charge in [0.25, 0.3) is 5.91 Å². The van der Waals surface area contributed by atoms with Crippen molar-refractivity contribution in [1.29, 1.82) is 0 Å². The van der Waals surface area contributed by atoms with Crippen LogP contribution in [0.1, 0.15) is 60.3 Å². The van der Waals surface area contributed by atoms with Crippen LogP contribution in [-0.2, 0) is 10.0 Å². The molecule has 11 heteroatoms. The maximum absolute atomic E-state index is 13.7. The Kier molecular flexibility index (Phi) is 6.59. The van der Waals surface area contributed by atoms with Crippen LogP contribution in [-0.4, -0.2) is 59.7 Å². The third-order valence-electron chi connectivity index (χ3n) is 6.96. The first-order valence-electron chi connectivity index (χ1n) is 12.3. The number of piperidine rings is 1. The van der Waals surface area contributed by atoms with Crippen LogP contribution in [0.2, 0.25) is 5.02 Å². The van der Waals surface area contributed by atoms with E-state index in [-0.39, 0.29) is 23.2 Å². The highest BCUT2D eigenvalue weighted by Crippen LogP contribution is 2.34. The second-order valence-electron chi connectivity index (χ2n) is 10.0. The van der Waals surface area contributed by atoms with Gasteiger partial charge in [0.15, 0.2) is 5.65 Å². The van der Waals surface area contributed by atoms with Crippen molar-refractivity contribution in [2.45, 2.75) is 45.6 Å². The number of rotatable bonds is 5. The highest BCUT2D eigenvalue weighted by Gasteiger charge is 2.32. The Labute approximate surface area is 216 Å². The maximum atomic E-state index is 13.7. The molecule has 0 radical (unpaired) electrons. The van der Waals surface area contributed by atoms with Crippen molar-refractivity contribution in [2.75, 3.05) is 35.5 Å². The van der Waals surface area contributed by atoms with Crippen LogP contribution >= 0.6 is 11.6 Å². The minimum absolute atomic E-state index is 0.216. The first-order valence-corrected chi connectivity index (χ1v) is 14.6. The van der Waals surface area contributed by atoms with Crippen LogP contribution in [0.4, 0.5) is 11.5 Å². The molecule has 0 aliphatic carbocycles. The van der Waals surface area contributed by atoms with Crippen LogP contribution in [0.3, 0.4) is 0 Å². The molecule has 5 rings (SSSR count). The Hall–Kier alpha value is -2.85. The monoisotopic (exact) mass is 530 g/mol. The predicted molar refractivity (Wildman–Crippen MR) is 141 cm³/mol. The zero-order chi connectivity index (χ0) is 25.6. The van der Waals surface area contributed by atoms with E-state index in [4.69, 9.17) is 21.7 Å². The molecule has 1 N–H and O–H groups in total. The third kappa shape index (κ3) is 5.01. The van der Waals surface area contributed by atoms with Gasteiger partial charge in [0.1, 0.15) is 5.82 Å². The van der Waals surface area contributed by atoms with Crippen molar-refractivity contribution in [1.82, 2.24) is 19.5 Å². The number of sulfonamides is 1. The zero-order valence-corrected chi connectivity index (χ0v) is 22.3. The fourth-order valence-corrected chi connectivity index (χ4v) is 6.00. The second-order valence-corrected chi connectivity index (χ2v) is 12.2. The third-order valence-corrected chi connectivity index (χ3v) is 7.79. The lowest BCUT2D eigenvalue weighted by Gasteiger charge is -2.35. The van der Waals surface area contributed by atoms with E-state index in [1.807, 2.05) is 12.3 Å². The molecule has 9 nitrogen and oxygen atoms in total. The smallest absolute Gasteiger partial charge is 0.256 e. The van der Waals surface area contributed by atoms with Crippen molar-refractivity contribution in [2.24, 2.45) is 5.92 Å². The number of hydrogen-bond acceptors (Lipinski definition) is 6. The molecular formula is C25H31ClN6O3S. The number of carbonyl (C=O) groups is 1. The number of fused-ring (bicyclic) bond motifs is 1. The molecule has 3 aromatic rings. The fourth-order valence-electron chi connectivity index (χ4n) is 5.25. The predicted octanol–water partition coefficient (Wildman–Crippen LogP) is 4.28. The SMILES string of the molecule is Cc1cn2nc(C3CCCCN3C(=O)c3cc(Cl)ccc3NS(C)(=O)=O)cc2nc1N1CCC(C)C1. The van der Waals surface area contributed by atoms with E-state index in [0.717, 1.165) is 67.8 Å². The summed E-state index contributed by atoms with van der Waals surface area (Å²) >= 11 is 6.19. The van der Waals surface area contributed by atoms with Gasteiger partial charge in [-0.2, -0.15) is 5.10 Å². The number of aryl methyl sites for hydroxylation is 1. The van der Waals surface area contributed by atoms with Gasteiger partial charge in [0, 0.05) is 42.5 Å². The highest BCUT2D eigenvalue weighted by atomic mass is 35.5. The lowest BCUT2D eigenvalue weighted by Crippen LogP contribution is -2.39. The van der Waals surface area contributed by atoms with E-state index in [0.29, 0.717) is 17.5 Å². The summed E-state index contributed by atoms with van der Waals surface area (Å²) in [6, 6.07) is 6.32. The first kappa shape index (κ1) is 24.8. The summed E-state index contributed by atoms with van der Waals surface area (Å²) in [5, 5.41) is 5.17. The number of carbonyl (C=O) groups excluding carboxylic acids is 1. The summed E-state index contributed by atoms with van der Waals surface area (Å²) < 4.78 is 28.0. The Balaban J connectivity index is 1.49. The van der Waals surface area contributed by atoms with Crippen molar-refractivity contribution in [3.8, 4) is 0 Å². The molecule has 4 heterocycles. The van der Waals surface area contributed by atoms with Gasteiger partial charge in [-0.15, -0.1) is 0 Å². The zero-order valence-electron chi connectivity index (χ0n) is 20.7. The summed E-state index contributed by atoms with van der Waals surface area (Å²) in [6.45, 7) is 6.86. The van der Waals surface area contributed by atoms with Crippen molar-refractivity contribution in [3.63, 3.8) is 0 Å². The van der Waals surface area contributed by atoms with Crippen LogP contribution < -0.4 is 9.62 Å². The van der Waals surface area contributed by atoms with Gasteiger partial charge in [-0.25, -0.2) is 17.9 Å². The van der Waals surface area contributed by atoms with Crippen molar-refractivity contribution >= 4 is 44.7 Å². The quantitative estimate of drug-likeness (QED) is 0.528. The molecule has 192 valence electrons. The number of amides is 1. The van der Waals surface area contributed by atoms with Gasteiger partial charge in [0.2, 0.25) is 10.0 Å². The van der Waals surface area contributed by atoms with E-state index in [1.54, 1.807) is 15.5 Å². The summed E-state index contributed by atoms with van der Waals surface area (Å²) in [5.41, 5.74) is 3.04. The number of hydrogen-bond donors (Lipinski definition) is 1. The van der Waals surface area contributed by atoms with Crippen LogP contribution in [0, 0.1) is 12.8 Å².